The summed E-state index contributed by atoms with van der Waals surface area (Å²) in [5.41, 5.74) is 0. The molecule has 0 atom stereocenters. The Morgan fingerprint density at radius 3 is 1.56 bits per heavy atom. The Balaban J connectivity index is 3.27. The Labute approximate surface area is 158 Å². The molecule has 0 bridgehead atoms. The maximum atomic E-state index is 11.7. The average Bonchev–Trinajstić information content (AvgIpc) is 2.55. The lowest BCUT2D eigenvalue weighted by atomic mass is 10.0. The minimum Gasteiger partial charge on any atom is -0.862 e. The molecule has 3 nitrogen and oxygen atoms in total. The van der Waals surface area contributed by atoms with Crippen LogP contribution in [0.1, 0.15) is 103 Å². The molecule has 0 saturated heterocycles. The highest BCUT2D eigenvalue weighted by Crippen LogP contribution is 2.12. The van der Waals surface area contributed by atoms with Crippen molar-refractivity contribution in [2.24, 2.45) is 4.99 Å². The third kappa shape index (κ3) is 21.4. The van der Waals surface area contributed by atoms with Gasteiger partial charge in [0.05, 0.1) is 27.7 Å². The van der Waals surface area contributed by atoms with Crippen molar-refractivity contribution in [1.29, 1.82) is 0 Å². The fraction of sp³-hybridized carbons (Fsp3) is 0.955. The van der Waals surface area contributed by atoms with Crippen LogP contribution in [-0.2, 0) is 0 Å². The molecule has 0 N–H and O–H groups in total. The minimum atomic E-state index is 0.115. The first-order chi connectivity index (χ1) is 12.0. The van der Waals surface area contributed by atoms with Gasteiger partial charge >= 0.3 is 0 Å². The first-order valence-corrected chi connectivity index (χ1v) is 11.0. The highest BCUT2D eigenvalue weighted by atomic mass is 16.3. The van der Waals surface area contributed by atoms with E-state index in [4.69, 9.17) is 0 Å². The Morgan fingerprint density at radius 1 is 0.680 bits per heavy atom. The average molecular weight is 355 g/mol. The van der Waals surface area contributed by atoms with Gasteiger partial charge in [-0.15, -0.1) is 0 Å². The van der Waals surface area contributed by atoms with E-state index >= 15 is 0 Å². The van der Waals surface area contributed by atoms with Crippen molar-refractivity contribution < 1.29 is 9.59 Å². The second-order valence-electron chi connectivity index (χ2n) is 8.64. The second-order valence-corrected chi connectivity index (χ2v) is 8.64. The van der Waals surface area contributed by atoms with E-state index < -0.39 is 0 Å². The van der Waals surface area contributed by atoms with Gasteiger partial charge in [0.15, 0.2) is 0 Å². The SMILES string of the molecule is CCCCCCCCCCCCCCCC([O-])=NCCC[N+](C)(C)C. The molecule has 0 heterocycles. The molecule has 0 saturated carbocycles. The number of nitrogens with zero attached hydrogens (tertiary/aromatic N) is 2. The highest BCUT2D eigenvalue weighted by molar-refractivity contribution is 5.71. The van der Waals surface area contributed by atoms with Gasteiger partial charge in [0, 0.05) is 13.0 Å². The number of hydrogen-bond acceptors (Lipinski definition) is 2. The summed E-state index contributed by atoms with van der Waals surface area (Å²) < 4.78 is 0.947. The van der Waals surface area contributed by atoms with Crippen LogP contribution in [0.2, 0.25) is 0 Å². The second kappa shape index (κ2) is 16.9. The molecule has 25 heavy (non-hydrogen) atoms. The number of aliphatic imine (C=N–C) groups is 1. The van der Waals surface area contributed by atoms with Crippen molar-refractivity contribution in [3.63, 3.8) is 0 Å². The molecule has 0 aromatic heterocycles. The summed E-state index contributed by atoms with van der Waals surface area (Å²) >= 11 is 0. The molecule has 0 rings (SSSR count). The van der Waals surface area contributed by atoms with Gasteiger partial charge in [-0.05, 0) is 18.7 Å². The zero-order valence-electron chi connectivity index (χ0n) is 17.8. The number of hydrogen-bond donors (Lipinski definition) is 0. The predicted molar refractivity (Wildman–Crippen MR) is 110 cm³/mol. The number of quaternary nitrogens is 1. The lowest BCUT2D eigenvalue weighted by Crippen LogP contribution is -2.35. The zero-order valence-corrected chi connectivity index (χ0v) is 17.8. The quantitative estimate of drug-likeness (QED) is 0.142. The fourth-order valence-electron chi connectivity index (χ4n) is 3.12. The smallest absolute Gasteiger partial charge is 0.0798 e. The summed E-state index contributed by atoms with van der Waals surface area (Å²) in [4.78, 5) is 4.17. The summed E-state index contributed by atoms with van der Waals surface area (Å²) in [5, 5.41) is 11.7. The van der Waals surface area contributed by atoms with Crippen LogP contribution in [-0.4, -0.2) is 44.6 Å². The van der Waals surface area contributed by atoms with Gasteiger partial charge in [-0.2, -0.15) is 0 Å². The lowest BCUT2D eigenvalue weighted by molar-refractivity contribution is -0.870. The topological polar surface area (TPSA) is 35.4 Å². The maximum Gasteiger partial charge on any atom is 0.0798 e. The van der Waals surface area contributed by atoms with E-state index in [2.05, 4.69) is 33.1 Å². The molecule has 0 spiro atoms. The molecule has 0 aliphatic heterocycles. The summed E-state index contributed by atoms with van der Waals surface area (Å²) in [5.74, 6) is 0.115. The van der Waals surface area contributed by atoms with E-state index in [1.807, 2.05) is 0 Å². The molecule has 150 valence electrons. The van der Waals surface area contributed by atoms with E-state index in [0.717, 1.165) is 23.9 Å². The van der Waals surface area contributed by atoms with Gasteiger partial charge in [0.1, 0.15) is 0 Å². The number of rotatable bonds is 18. The first-order valence-electron chi connectivity index (χ1n) is 11.0. The van der Waals surface area contributed by atoms with Crippen molar-refractivity contribution in [3.05, 3.63) is 0 Å². The molecule has 0 aromatic rings. The maximum absolute atomic E-state index is 11.7. The largest absolute Gasteiger partial charge is 0.862 e. The van der Waals surface area contributed by atoms with Crippen LogP contribution >= 0.6 is 0 Å². The number of unbranched alkanes of at least 4 members (excludes halogenated alkanes) is 12. The van der Waals surface area contributed by atoms with Crippen LogP contribution < -0.4 is 5.11 Å². The highest BCUT2D eigenvalue weighted by Gasteiger charge is 2.04. The fourth-order valence-corrected chi connectivity index (χ4v) is 3.12. The molecular weight excluding hydrogens is 308 g/mol. The summed E-state index contributed by atoms with van der Waals surface area (Å²) in [6.45, 7) is 4.06. The molecule has 0 radical (unpaired) electrons. The van der Waals surface area contributed by atoms with Crippen LogP contribution in [0.15, 0.2) is 4.99 Å². The van der Waals surface area contributed by atoms with Gasteiger partial charge in [-0.25, -0.2) is 0 Å². The standard InChI is InChI=1S/C22H46N2O/c1-5-6-7-8-9-10-11-12-13-14-15-16-17-19-22(25)23-20-18-21-24(2,3)4/h5-21H2,1-4H3. The molecule has 0 aromatic carbocycles. The molecule has 0 unspecified atom stereocenters. The monoisotopic (exact) mass is 354 g/mol. The van der Waals surface area contributed by atoms with Gasteiger partial charge < -0.3 is 14.6 Å². The van der Waals surface area contributed by atoms with Crippen molar-refractivity contribution in [3.8, 4) is 0 Å². The molecule has 0 fully saturated rings. The molecular formula is C22H46N2O. The van der Waals surface area contributed by atoms with Crippen molar-refractivity contribution in [2.45, 2.75) is 103 Å². The van der Waals surface area contributed by atoms with Gasteiger partial charge in [-0.1, -0.05) is 84.0 Å². The van der Waals surface area contributed by atoms with Gasteiger partial charge in [-0.3, -0.25) is 0 Å². The normalized spacial score (nSPS) is 12.7. The van der Waals surface area contributed by atoms with Crippen LogP contribution in [0, 0.1) is 0 Å². The van der Waals surface area contributed by atoms with E-state index in [-0.39, 0.29) is 5.90 Å². The molecule has 0 aliphatic rings. The summed E-state index contributed by atoms with van der Waals surface area (Å²) in [6.07, 6.45) is 19.2. The third-order valence-corrected chi connectivity index (χ3v) is 4.77. The van der Waals surface area contributed by atoms with Crippen LogP contribution in [0.3, 0.4) is 0 Å². The van der Waals surface area contributed by atoms with Gasteiger partial charge in [0.25, 0.3) is 0 Å². The Bertz CT molecular complexity index is 308. The Hall–Kier alpha value is -0.570. The van der Waals surface area contributed by atoms with Crippen LogP contribution in [0.4, 0.5) is 0 Å². The van der Waals surface area contributed by atoms with E-state index in [1.54, 1.807) is 0 Å². The van der Waals surface area contributed by atoms with Crippen LogP contribution in [0.25, 0.3) is 0 Å². The van der Waals surface area contributed by atoms with E-state index in [0.29, 0.717) is 13.0 Å². The summed E-state index contributed by atoms with van der Waals surface area (Å²) in [6, 6.07) is 0. The summed E-state index contributed by atoms with van der Waals surface area (Å²) in [7, 11) is 6.53. The molecule has 0 aliphatic carbocycles. The third-order valence-electron chi connectivity index (χ3n) is 4.77. The van der Waals surface area contributed by atoms with Crippen LogP contribution in [0.5, 0.6) is 0 Å². The van der Waals surface area contributed by atoms with E-state index in [9.17, 15) is 5.11 Å². The zero-order chi connectivity index (χ0) is 18.8. The lowest BCUT2D eigenvalue weighted by Gasteiger charge is -2.23. The van der Waals surface area contributed by atoms with Gasteiger partial charge in [0.2, 0.25) is 0 Å². The van der Waals surface area contributed by atoms with E-state index in [1.165, 1.54) is 77.0 Å². The Morgan fingerprint density at radius 2 is 1.12 bits per heavy atom. The minimum absolute atomic E-state index is 0.115. The van der Waals surface area contributed by atoms with Crippen molar-refractivity contribution in [1.82, 2.24) is 0 Å². The molecule has 0 amide bonds. The molecule has 3 heteroatoms. The Kier molecular flexibility index (Phi) is 16.5. The predicted octanol–water partition coefficient (Wildman–Crippen LogP) is 5.32. The van der Waals surface area contributed by atoms with Crippen molar-refractivity contribution >= 4 is 5.90 Å². The van der Waals surface area contributed by atoms with Crippen molar-refractivity contribution in [2.75, 3.05) is 34.2 Å². The first kappa shape index (κ1) is 24.4.